The smallest absolute Gasteiger partial charge is 0.404 e. The normalized spacial score (nSPS) is 10.5. The standard InChI is InChI=1S/C21H18ClFN2O3/c1-28-18-8-6-15(20(23)19(18)14-3-2-4-16(22)10-14)9-13-5-7-17(24-11-13)12-25-21(26)27/h2-8,10-11,25H,9,12H2,1H3,(H,26,27). The van der Waals surface area contributed by atoms with E-state index >= 15 is 4.39 Å². The Morgan fingerprint density at radius 3 is 2.71 bits per heavy atom. The van der Waals surface area contributed by atoms with Crippen molar-refractivity contribution >= 4 is 17.7 Å². The second-order valence-corrected chi connectivity index (χ2v) is 6.56. The van der Waals surface area contributed by atoms with Crippen LogP contribution in [0, 0.1) is 5.82 Å². The molecule has 28 heavy (non-hydrogen) atoms. The Morgan fingerprint density at radius 2 is 2.07 bits per heavy atom. The first kappa shape index (κ1) is 19.6. The number of rotatable bonds is 6. The van der Waals surface area contributed by atoms with Crippen molar-refractivity contribution in [3.05, 3.63) is 82.4 Å². The van der Waals surface area contributed by atoms with Gasteiger partial charge in [0.15, 0.2) is 0 Å². The molecule has 5 nitrogen and oxygen atoms in total. The lowest BCUT2D eigenvalue weighted by Gasteiger charge is -2.14. The summed E-state index contributed by atoms with van der Waals surface area (Å²) in [7, 11) is 1.50. The summed E-state index contributed by atoms with van der Waals surface area (Å²) >= 11 is 6.06. The molecule has 0 fully saturated rings. The molecule has 2 aromatic carbocycles. The van der Waals surface area contributed by atoms with Crippen LogP contribution in [0.15, 0.2) is 54.7 Å². The molecule has 7 heteroatoms. The Hall–Kier alpha value is -3.12. The number of methoxy groups -OCH3 is 1. The molecule has 0 bridgehead atoms. The maximum atomic E-state index is 15.3. The van der Waals surface area contributed by atoms with Crippen molar-refractivity contribution in [3.8, 4) is 16.9 Å². The van der Waals surface area contributed by atoms with Crippen LogP contribution in [-0.4, -0.2) is 23.3 Å². The first-order valence-corrected chi connectivity index (χ1v) is 8.87. The molecular weight excluding hydrogens is 383 g/mol. The summed E-state index contributed by atoms with van der Waals surface area (Å²) in [5, 5.41) is 11.4. The van der Waals surface area contributed by atoms with Crippen molar-refractivity contribution < 1.29 is 19.0 Å². The molecule has 0 atom stereocenters. The van der Waals surface area contributed by atoms with E-state index in [0.29, 0.717) is 39.6 Å². The topological polar surface area (TPSA) is 71.5 Å². The number of carbonyl (C=O) groups is 1. The summed E-state index contributed by atoms with van der Waals surface area (Å²) in [5.74, 6) is 0.0509. The van der Waals surface area contributed by atoms with Crippen LogP contribution in [-0.2, 0) is 13.0 Å². The second-order valence-electron chi connectivity index (χ2n) is 6.12. The molecule has 0 saturated heterocycles. The minimum Gasteiger partial charge on any atom is -0.496 e. The maximum Gasteiger partial charge on any atom is 0.404 e. The van der Waals surface area contributed by atoms with Gasteiger partial charge in [0, 0.05) is 17.6 Å². The number of nitrogens with zero attached hydrogens (tertiary/aromatic N) is 1. The number of ether oxygens (including phenoxy) is 1. The zero-order valence-corrected chi connectivity index (χ0v) is 15.8. The Labute approximate surface area is 166 Å². The van der Waals surface area contributed by atoms with Crippen molar-refractivity contribution in [1.82, 2.24) is 10.3 Å². The number of aromatic nitrogens is 1. The van der Waals surface area contributed by atoms with E-state index in [-0.39, 0.29) is 12.4 Å². The number of nitrogens with one attached hydrogen (secondary N) is 1. The predicted molar refractivity (Wildman–Crippen MR) is 105 cm³/mol. The van der Waals surface area contributed by atoms with E-state index in [0.717, 1.165) is 5.56 Å². The van der Waals surface area contributed by atoms with Crippen molar-refractivity contribution in [2.24, 2.45) is 0 Å². The van der Waals surface area contributed by atoms with Gasteiger partial charge in [0.2, 0.25) is 0 Å². The summed E-state index contributed by atoms with van der Waals surface area (Å²) in [6.07, 6.45) is 0.838. The van der Waals surface area contributed by atoms with Gasteiger partial charge >= 0.3 is 6.09 Å². The first-order valence-electron chi connectivity index (χ1n) is 8.50. The van der Waals surface area contributed by atoms with Gasteiger partial charge in [-0.3, -0.25) is 4.98 Å². The molecule has 2 N–H and O–H groups in total. The summed E-state index contributed by atoms with van der Waals surface area (Å²) in [5.41, 5.74) is 2.88. The number of pyridine rings is 1. The van der Waals surface area contributed by atoms with Crippen LogP contribution in [0.4, 0.5) is 9.18 Å². The van der Waals surface area contributed by atoms with Gasteiger partial charge in [0.05, 0.1) is 24.9 Å². The number of hydrogen-bond acceptors (Lipinski definition) is 3. The molecule has 1 heterocycles. The number of hydrogen-bond donors (Lipinski definition) is 2. The van der Waals surface area contributed by atoms with Crippen LogP contribution >= 0.6 is 11.6 Å². The molecule has 1 amide bonds. The highest BCUT2D eigenvalue weighted by Crippen LogP contribution is 2.36. The summed E-state index contributed by atoms with van der Waals surface area (Å²) in [4.78, 5) is 14.8. The average molecular weight is 401 g/mol. The van der Waals surface area contributed by atoms with E-state index in [1.54, 1.807) is 54.7 Å². The molecule has 0 saturated carbocycles. The summed E-state index contributed by atoms with van der Waals surface area (Å²) < 4.78 is 20.6. The highest BCUT2D eigenvalue weighted by Gasteiger charge is 2.17. The van der Waals surface area contributed by atoms with Gasteiger partial charge < -0.3 is 15.2 Å². The SMILES string of the molecule is COc1ccc(Cc2ccc(CNC(=O)O)nc2)c(F)c1-c1cccc(Cl)c1. The number of halogens is 2. The molecule has 3 aromatic rings. The molecule has 144 valence electrons. The zero-order chi connectivity index (χ0) is 20.1. The van der Waals surface area contributed by atoms with E-state index in [1.165, 1.54) is 7.11 Å². The molecule has 0 aliphatic rings. The minimum atomic E-state index is -1.11. The average Bonchev–Trinajstić information content (AvgIpc) is 2.68. The minimum absolute atomic E-state index is 0.116. The Morgan fingerprint density at radius 1 is 1.25 bits per heavy atom. The van der Waals surface area contributed by atoms with Gasteiger partial charge in [-0.05, 0) is 41.0 Å². The van der Waals surface area contributed by atoms with Gasteiger partial charge in [-0.2, -0.15) is 0 Å². The van der Waals surface area contributed by atoms with Gasteiger partial charge in [-0.25, -0.2) is 9.18 Å². The van der Waals surface area contributed by atoms with Crippen LogP contribution < -0.4 is 10.1 Å². The third-order valence-corrected chi connectivity index (χ3v) is 4.45. The largest absolute Gasteiger partial charge is 0.496 e. The quantitative estimate of drug-likeness (QED) is 0.616. The molecule has 3 rings (SSSR count). The highest BCUT2D eigenvalue weighted by atomic mass is 35.5. The second kappa shape index (κ2) is 8.71. The van der Waals surface area contributed by atoms with Gasteiger partial charge in [-0.1, -0.05) is 35.9 Å². The fourth-order valence-electron chi connectivity index (χ4n) is 2.87. The van der Waals surface area contributed by atoms with Gasteiger partial charge in [0.25, 0.3) is 0 Å². The summed E-state index contributed by atoms with van der Waals surface area (Å²) in [6.45, 7) is 0.116. The van der Waals surface area contributed by atoms with E-state index in [1.807, 2.05) is 0 Å². The van der Waals surface area contributed by atoms with E-state index < -0.39 is 6.09 Å². The Balaban J connectivity index is 1.89. The summed E-state index contributed by atoms with van der Waals surface area (Å²) in [6, 6.07) is 13.9. The monoisotopic (exact) mass is 400 g/mol. The zero-order valence-electron chi connectivity index (χ0n) is 15.1. The van der Waals surface area contributed by atoms with Crippen molar-refractivity contribution in [2.75, 3.05) is 7.11 Å². The van der Waals surface area contributed by atoms with Crippen LogP contribution in [0.2, 0.25) is 5.02 Å². The fourth-order valence-corrected chi connectivity index (χ4v) is 3.06. The molecular formula is C21H18ClFN2O3. The molecule has 0 spiro atoms. The fraction of sp³-hybridized carbons (Fsp3) is 0.143. The number of amides is 1. The highest BCUT2D eigenvalue weighted by molar-refractivity contribution is 6.30. The Kier molecular flexibility index (Phi) is 6.11. The molecule has 0 radical (unpaired) electrons. The third-order valence-electron chi connectivity index (χ3n) is 4.22. The molecule has 0 aliphatic heterocycles. The van der Waals surface area contributed by atoms with Crippen LogP contribution in [0.5, 0.6) is 5.75 Å². The number of benzene rings is 2. The van der Waals surface area contributed by atoms with Crippen molar-refractivity contribution in [3.63, 3.8) is 0 Å². The van der Waals surface area contributed by atoms with Crippen LogP contribution in [0.3, 0.4) is 0 Å². The molecule has 1 aromatic heterocycles. The Bertz CT molecular complexity index is 993. The maximum absolute atomic E-state index is 15.3. The van der Waals surface area contributed by atoms with Gasteiger partial charge in [0.1, 0.15) is 11.6 Å². The molecule has 0 unspecified atom stereocenters. The van der Waals surface area contributed by atoms with Gasteiger partial charge in [-0.15, -0.1) is 0 Å². The lowest BCUT2D eigenvalue weighted by Crippen LogP contribution is -2.20. The van der Waals surface area contributed by atoms with E-state index in [4.69, 9.17) is 21.4 Å². The lowest BCUT2D eigenvalue weighted by atomic mass is 9.97. The van der Waals surface area contributed by atoms with E-state index in [9.17, 15) is 4.79 Å². The number of carboxylic acid groups (broad SMARTS) is 1. The lowest BCUT2D eigenvalue weighted by molar-refractivity contribution is 0.194. The first-order chi connectivity index (χ1) is 13.5. The molecule has 0 aliphatic carbocycles. The predicted octanol–water partition coefficient (Wildman–Crippen LogP) is 4.91. The van der Waals surface area contributed by atoms with E-state index in [2.05, 4.69) is 10.3 Å². The third kappa shape index (κ3) is 4.58. The van der Waals surface area contributed by atoms with Crippen molar-refractivity contribution in [1.29, 1.82) is 0 Å². The van der Waals surface area contributed by atoms with Crippen LogP contribution in [0.25, 0.3) is 11.1 Å². The van der Waals surface area contributed by atoms with Crippen molar-refractivity contribution in [2.45, 2.75) is 13.0 Å². The van der Waals surface area contributed by atoms with Crippen LogP contribution in [0.1, 0.15) is 16.8 Å².